The van der Waals surface area contributed by atoms with Crippen molar-refractivity contribution in [1.82, 2.24) is 5.32 Å². The maximum atomic E-state index is 10.1. The van der Waals surface area contributed by atoms with Gasteiger partial charge in [-0.2, -0.15) is 0 Å². The molecular formula is C17H21NO. The second kappa shape index (κ2) is 6.50. The third-order valence-corrected chi connectivity index (χ3v) is 3.34. The van der Waals surface area contributed by atoms with E-state index < -0.39 is 6.10 Å². The van der Waals surface area contributed by atoms with Crippen LogP contribution in [-0.4, -0.2) is 11.7 Å². The van der Waals surface area contributed by atoms with E-state index >= 15 is 0 Å². The highest BCUT2D eigenvalue weighted by Crippen LogP contribution is 2.14. The monoisotopic (exact) mass is 255 g/mol. The van der Waals surface area contributed by atoms with Crippen molar-refractivity contribution >= 4 is 0 Å². The Morgan fingerprint density at radius 1 is 1.05 bits per heavy atom. The molecule has 0 aliphatic carbocycles. The second-order valence-electron chi connectivity index (χ2n) is 4.99. The second-order valence-corrected chi connectivity index (χ2v) is 4.99. The average molecular weight is 255 g/mol. The SMILES string of the molecule is Cc1cccc(C(O)CNCc2ccccc2C)c1. The lowest BCUT2D eigenvalue weighted by atomic mass is 10.1. The fourth-order valence-electron chi connectivity index (χ4n) is 2.15. The summed E-state index contributed by atoms with van der Waals surface area (Å²) in [7, 11) is 0. The molecule has 0 heterocycles. The van der Waals surface area contributed by atoms with Crippen LogP contribution < -0.4 is 5.32 Å². The van der Waals surface area contributed by atoms with E-state index in [4.69, 9.17) is 0 Å². The van der Waals surface area contributed by atoms with Crippen LogP contribution in [0.1, 0.15) is 28.4 Å². The molecule has 0 aliphatic rings. The molecule has 0 spiro atoms. The Labute approximate surface area is 115 Å². The first-order valence-corrected chi connectivity index (χ1v) is 6.66. The van der Waals surface area contributed by atoms with E-state index in [2.05, 4.69) is 24.4 Å². The number of aliphatic hydroxyl groups excluding tert-OH is 1. The molecule has 2 N–H and O–H groups in total. The number of aryl methyl sites for hydroxylation is 2. The van der Waals surface area contributed by atoms with Gasteiger partial charge in [-0.1, -0.05) is 54.1 Å². The van der Waals surface area contributed by atoms with Crippen LogP contribution in [0.2, 0.25) is 0 Å². The maximum absolute atomic E-state index is 10.1. The van der Waals surface area contributed by atoms with E-state index in [0.717, 1.165) is 12.1 Å². The predicted octanol–water partition coefficient (Wildman–Crippen LogP) is 3.13. The lowest BCUT2D eigenvalue weighted by Crippen LogP contribution is -2.21. The highest BCUT2D eigenvalue weighted by Gasteiger charge is 2.07. The van der Waals surface area contributed by atoms with Crippen LogP contribution >= 0.6 is 0 Å². The summed E-state index contributed by atoms with van der Waals surface area (Å²) in [6, 6.07) is 16.3. The number of rotatable bonds is 5. The van der Waals surface area contributed by atoms with Crippen molar-refractivity contribution in [2.24, 2.45) is 0 Å². The predicted molar refractivity (Wildman–Crippen MR) is 79.0 cm³/mol. The van der Waals surface area contributed by atoms with Crippen LogP contribution in [0, 0.1) is 13.8 Å². The van der Waals surface area contributed by atoms with Crippen molar-refractivity contribution < 1.29 is 5.11 Å². The fraction of sp³-hybridized carbons (Fsp3) is 0.294. The van der Waals surface area contributed by atoms with Crippen molar-refractivity contribution in [2.75, 3.05) is 6.54 Å². The van der Waals surface area contributed by atoms with Gasteiger partial charge in [-0.05, 0) is 30.5 Å². The lowest BCUT2D eigenvalue weighted by Gasteiger charge is -2.13. The molecule has 1 atom stereocenters. The molecule has 2 aromatic rings. The minimum Gasteiger partial charge on any atom is -0.387 e. The van der Waals surface area contributed by atoms with E-state index in [1.807, 2.05) is 43.3 Å². The topological polar surface area (TPSA) is 32.3 Å². The molecule has 0 aliphatic heterocycles. The van der Waals surface area contributed by atoms with Gasteiger partial charge in [-0.3, -0.25) is 0 Å². The molecule has 2 heteroatoms. The van der Waals surface area contributed by atoms with Crippen LogP contribution in [0.3, 0.4) is 0 Å². The van der Waals surface area contributed by atoms with Gasteiger partial charge in [0, 0.05) is 13.1 Å². The normalized spacial score (nSPS) is 12.4. The summed E-state index contributed by atoms with van der Waals surface area (Å²) in [5.74, 6) is 0. The molecule has 100 valence electrons. The molecule has 2 nitrogen and oxygen atoms in total. The molecule has 1 unspecified atom stereocenters. The highest BCUT2D eigenvalue weighted by molar-refractivity contribution is 5.26. The van der Waals surface area contributed by atoms with Gasteiger partial charge < -0.3 is 10.4 Å². The molecule has 2 rings (SSSR count). The molecule has 0 saturated heterocycles. The quantitative estimate of drug-likeness (QED) is 0.860. The Bertz CT molecular complexity index is 536. The minimum absolute atomic E-state index is 0.455. The fourth-order valence-corrected chi connectivity index (χ4v) is 2.15. The molecule has 2 aromatic carbocycles. The number of hydrogen-bond acceptors (Lipinski definition) is 2. The molecule has 0 radical (unpaired) electrons. The number of hydrogen-bond donors (Lipinski definition) is 2. The zero-order valence-corrected chi connectivity index (χ0v) is 11.6. The Balaban J connectivity index is 1.88. The third kappa shape index (κ3) is 3.91. The van der Waals surface area contributed by atoms with Gasteiger partial charge in [-0.15, -0.1) is 0 Å². The lowest BCUT2D eigenvalue weighted by molar-refractivity contribution is 0.174. The zero-order valence-electron chi connectivity index (χ0n) is 11.6. The molecule has 0 amide bonds. The van der Waals surface area contributed by atoms with E-state index in [1.54, 1.807) is 0 Å². The highest BCUT2D eigenvalue weighted by atomic mass is 16.3. The van der Waals surface area contributed by atoms with Crippen LogP contribution in [-0.2, 0) is 6.54 Å². The van der Waals surface area contributed by atoms with Crippen LogP contribution in [0.5, 0.6) is 0 Å². The first-order valence-electron chi connectivity index (χ1n) is 6.66. The molecule has 0 fully saturated rings. The van der Waals surface area contributed by atoms with Gasteiger partial charge in [0.1, 0.15) is 0 Å². The zero-order chi connectivity index (χ0) is 13.7. The molecule has 19 heavy (non-hydrogen) atoms. The average Bonchev–Trinajstić information content (AvgIpc) is 2.41. The molecule has 0 aromatic heterocycles. The van der Waals surface area contributed by atoms with Gasteiger partial charge in [-0.25, -0.2) is 0 Å². The molecule has 0 saturated carbocycles. The molecular weight excluding hydrogens is 234 g/mol. The Morgan fingerprint density at radius 2 is 1.84 bits per heavy atom. The first-order chi connectivity index (χ1) is 9.16. The summed E-state index contributed by atoms with van der Waals surface area (Å²) >= 11 is 0. The maximum Gasteiger partial charge on any atom is 0.0914 e. The Hall–Kier alpha value is -1.64. The van der Waals surface area contributed by atoms with E-state index in [-0.39, 0.29) is 0 Å². The van der Waals surface area contributed by atoms with Crippen molar-refractivity contribution in [3.8, 4) is 0 Å². The van der Waals surface area contributed by atoms with Gasteiger partial charge in [0.2, 0.25) is 0 Å². The number of nitrogens with one attached hydrogen (secondary N) is 1. The number of aliphatic hydroxyl groups is 1. The summed E-state index contributed by atoms with van der Waals surface area (Å²) in [6.07, 6.45) is -0.455. The Kier molecular flexibility index (Phi) is 4.72. The standard InChI is InChI=1S/C17H21NO/c1-13-6-5-9-15(10-13)17(19)12-18-11-16-8-4-3-7-14(16)2/h3-10,17-19H,11-12H2,1-2H3. The van der Waals surface area contributed by atoms with Gasteiger partial charge in [0.25, 0.3) is 0 Å². The van der Waals surface area contributed by atoms with Gasteiger partial charge in [0.15, 0.2) is 0 Å². The van der Waals surface area contributed by atoms with E-state index in [9.17, 15) is 5.11 Å². The van der Waals surface area contributed by atoms with Crippen molar-refractivity contribution in [1.29, 1.82) is 0 Å². The van der Waals surface area contributed by atoms with E-state index in [1.165, 1.54) is 16.7 Å². The van der Waals surface area contributed by atoms with Crippen LogP contribution in [0.4, 0.5) is 0 Å². The summed E-state index contributed by atoms with van der Waals surface area (Å²) < 4.78 is 0. The summed E-state index contributed by atoms with van der Waals surface area (Å²) in [6.45, 7) is 5.50. The van der Waals surface area contributed by atoms with Gasteiger partial charge >= 0.3 is 0 Å². The summed E-state index contributed by atoms with van der Waals surface area (Å²) in [5, 5.41) is 13.4. The molecule has 0 bridgehead atoms. The van der Waals surface area contributed by atoms with E-state index in [0.29, 0.717) is 6.54 Å². The minimum atomic E-state index is -0.455. The van der Waals surface area contributed by atoms with Crippen molar-refractivity contribution in [3.63, 3.8) is 0 Å². The van der Waals surface area contributed by atoms with Gasteiger partial charge in [0.05, 0.1) is 6.10 Å². The summed E-state index contributed by atoms with van der Waals surface area (Å²) in [4.78, 5) is 0. The van der Waals surface area contributed by atoms with Crippen LogP contribution in [0.25, 0.3) is 0 Å². The largest absolute Gasteiger partial charge is 0.387 e. The van der Waals surface area contributed by atoms with Crippen molar-refractivity contribution in [3.05, 3.63) is 70.8 Å². The third-order valence-electron chi connectivity index (χ3n) is 3.34. The smallest absolute Gasteiger partial charge is 0.0914 e. The number of benzene rings is 2. The summed E-state index contributed by atoms with van der Waals surface area (Å²) in [5.41, 5.74) is 4.70. The van der Waals surface area contributed by atoms with Crippen molar-refractivity contribution in [2.45, 2.75) is 26.5 Å². The van der Waals surface area contributed by atoms with Crippen LogP contribution in [0.15, 0.2) is 48.5 Å². The first kappa shape index (κ1) is 13.8. The Morgan fingerprint density at radius 3 is 2.58 bits per heavy atom.